The molecule has 0 atom stereocenters. The largest absolute Gasteiger partial charge is 0.380 e. The van der Waals surface area contributed by atoms with E-state index >= 15 is 0 Å². The van der Waals surface area contributed by atoms with Crippen LogP contribution in [0.1, 0.15) is 6.92 Å². The molecule has 1 aromatic rings. The third-order valence-electron chi connectivity index (χ3n) is 1.93. The molecule has 0 amide bonds. The fourth-order valence-corrected chi connectivity index (χ4v) is 2.08. The molecule has 0 aromatic carbocycles. The van der Waals surface area contributed by atoms with Crippen LogP contribution in [-0.2, 0) is 4.74 Å². The summed E-state index contributed by atoms with van der Waals surface area (Å²) in [5, 5.41) is 0.629. The first kappa shape index (κ1) is 12.7. The average Bonchev–Trinajstić information content (AvgIpc) is 2.17. The van der Waals surface area contributed by atoms with Gasteiger partial charge in [0.1, 0.15) is 5.82 Å². The minimum Gasteiger partial charge on any atom is -0.380 e. The molecule has 0 radical (unpaired) electrons. The summed E-state index contributed by atoms with van der Waals surface area (Å²) in [6, 6.07) is 1.83. The molecular formula is C10H14BrClN2O. The molecule has 0 bridgehead atoms. The van der Waals surface area contributed by atoms with E-state index in [-0.39, 0.29) is 0 Å². The van der Waals surface area contributed by atoms with E-state index in [4.69, 9.17) is 16.3 Å². The predicted molar refractivity (Wildman–Crippen MR) is 66.7 cm³/mol. The zero-order chi connectivity index (χ0) is 11.3. The number of anilines is 1. The van der Waals surface area contributed by atoms with E-state index in [0.29, 0.717) is 11.6 Å². The van der Waals surface area contributed by atoms with Crippen molar-refractivity contribution in [3.05, 3.63) is 21.8 Å². The molecule has 1 aromatic heterocycles. The highest BCUT2D eigenvalue weighted by molar-refractivity contribution is 9.10. The number of likely N-dealkylation sites (N-methyl/N-ethyl adjacent to an activating group) is 1. The molecule has 84 valence electrons. The van der Waals surface area contributed by atoms with Crippen LogP contribution in [0, 0.1) is 0 Å². The Bertz CT molecular complexity index is 322. The van der Waals surface area contributed by atoms with Crippen molar-refractivity contribution in [3.63, 3.8) is 0 Å². The van der Waals surface area contributed by atoms with Gasteiger partial charge in [0.15, 0.2) is 0 Å². The summed E-state index contributed by atoms with van der Waals surface area (Å²) in [6.07, 6.45) is 1.64. The van der Waals surface area contributed by atoms with Crippen molar-refractivity contribution in [3.8, 4) is 0 Å². The first-order valence-corrected chi connectivity index (χ1v) is 5.92. The third kappa shape index (κ3) is 3.97. The Hall–Kier alpha value is -0.320. The van der Waals surface area contributed by atoms with Crippen molar-refractivity contribution < 1.29 is 4.74 Å². The Morgan fingerprint density at radius 2 is 2.33 bits per heavy atom. The van der Waals surface area contributed by atoms with Gasteiger partial charge >= 0.3 is 0 Å². The molecule has 15 heavy (non-hydrogen) atoms. The third-order valence-corrected chi connectivity index (χ3v) is 2.72. The number of ether oxygens (including phenoxy) is 1. The van der Waals surface area contributed by atoms with E-state index < -0.39 is 0 Å². The van der Waals surface area contributed by atoms with Crippen LogP contribution in [-0.4, -0.2) is 31.8 Å². The van der Waals surface area contributed by atoms with Gasteiger partial charge in [-0.1, -0.05) is 11.6 Å². The smallest absolute Gasteiger partial charge is 0.142 e. The molecule has 0 N–H and O–H groups in total. The molecule has 0 saturated heterocycles. The van der Waals surface area contributed by atoms with Crippen LogP contribution in [0.2, 0.25) is 5.02 Å². The number of halogens is 2. The Morgan fingerprint density at radius 1 is 1.60 bits per heavy atom. The number of nitrogens with zero attached hydrogens (tertiary/aromatic N) is 2. The fraction of sp³-hybridized carbons (Fsp3) is 0.500. The molecule has 0 unspecified atom stereocenters. The average molecular weight is 294 g/mol. The predicted octanol–water partition coefficient (Wildman–Crippen LogP) is 2.97. The van der Waals surface area contributed by atoms with Gasteiger partial charge in [-0.3, -0.25) is 0 Å². The molecule has 0 aliphatic carbocycles. The number of rotatable bonds is 5. The molecule has 3 nitrogen and oxygen atoms in total. The molecule has 5 heteroatoms. The van der Waals surface area contributed by atoms with Crippen LogP contribution in [0.4, 0.5) is 5.82 Å². The van der Waals surface area contributed by atoms with Crippen molar-refractivity contribution >= 4 is 33.3 Å². The standard InChI is InChI=1S/C10H14BrClN2O/c1-3-15-5-4-14(2)10-9(11)6-8(12)7-13-10/h6-7H,3-5H2,1-2H3. The van der Waals surface area contributed by atoms with Gasteiger partial charge in [-0.2, -0.15) is 0 Å². The fourth-order valence-electron chi connectivity index (χ4n) is 1.14. The zero-order valence-electron chi connectivity index (χ0n) is 8.83. The van der Waals surface area contributed by atoms with E-state index in [2.05, 4.69) is 20.9 Å². The highest BCUT2D eigenvalue weighted by atomic mass is 79.9. The zero-order valence-corrected chi connectivity index (χ0v) is 11.2. The van der Waals surface area contributed by atoms with Crippen LogP contribution >= 0.6 is 27.5 Å². The highest BCUT2D eigenvalue weighted by Crippen LogP contribution is 2.25. The number of pyridine rings is 1. The summed E-state index contributed by atoms with van der Waals surface area (Å²) in [5.74, 6) is 0.874. The normalized spacial score (nSPS) is 10.4. The van der Waals surface area contributed by atoms with E-state index in [1.165, 1.54) is 0 Å². The maximum Gasteiger partial charge on any atom is 0.142 e. The summed E-state index contributed by atoms with van der Waals surface area (Å²) in [6.45, 7) is 4.23. The SMILES string of the molecule is CCOCCN(C)c1ncc(Cl)cc1Br. The first-order valence-electron chi connectivity index (χ1n) is 4.75. The van der Waals surface area contributed by atoms with Crippen LogP contribution in [0.25, 0.3) is 0 Å². The van der Waals surface area contributed by atoms with Gasteiger partial charge in [0.25, 0.3) is 0 Å². The lowest BCUT2D eigenvalue weighted by Crippen LogP contribution is -2.23. The monoisotopic (exact) mass is 292 g/mol. The lowest BCUT2D eigenvalue weighted by atomic mass is 10.4. The maximum atomic E-state index is 5.81. The Morgan fingerprint density at radius 3 is 2.93 bits per heavy atom. The van der Waals surface area contributed by atoms with E-state index in [0.717, 1.165) is 23.4 Å². The summed E-state index contributed by atoms with van der Waals surface area (Å²) >= 11 is 9.24. The molecule has 1 heterocycles. The second-order valence-corrected chi connectivity index (χ2v) is 4.37. The van der Waals surface area contributed by atoms with Gasteiger partial charge in [-0.15, -0.1) is 0 Å². The van der Waals surface area contributed by atoms with Gasteiger partial charge in [-0.25, -0.2) is 4.98 Å². The van der Waals surface area contributed by atoms with Crippen molar-refractivity contribution in [1.29, 1.82) is 0 Å². The quantitative estimate of drug-likeness (QED) is 0.781. The Kier molecular flexibility index (Phi) is 5.36. The highest BCUT2D eigenvalue weighted by Gasteiger charge is 2.07. The molecule has 0 saturated carbocycles. The minimum absolute atomic E-state index is 0.629. The van der Waals surface area contributed by atoms with Crippen LogP contribution in [0.5, 0.6) is 0 Å². The summed E-state index contributed by atoms with van der Waals surface area (Å²) < 4.78 is 6.18. The maximum absolute atomic E-state index is 5.81. The van der Waals surface area contributed by atoms with Crippen molar-refractivity contribution in [2.24, 2.45) is 0 Å². The van der Waals surface area contributed by atoms with Crippen molar-refractivity contribution in [1.82, 2.24) is 4.98 Å². The van der Waals surface area contributed by atoms with E-state index in [1.54, 1.807) is 6.20 Å². The van der Waals surface area contributed by atoms with E-state index in [9.17, 15) is 0 Å². The second kappa shape index (κ2) is 6.30. The second-order valence-electron chi connectivity index (χ2n) is 3.08. The summed E-state index contributed by atoms with van der Waals surface area (Å²) in [4.78, 5) is 6.27. The molecular weight excluding hydrogens is 279 g/mol. The van der Waals surface area contributed by atoms with Crippen LogP contribution in [0.15, 0.2) is 16.7 Å². The van der Waals surface area contributed by atoms with Crippen LogP contribution < -0.4 is 4.90 Å². The van der Waals surface area contributed by atoms with Crippen molar-refractivity contribution in [2.75, 3.05) is 31.7 Å². The van der Waals surface area contributed by atoms with Gasteiger partial charge < -0.3 is 9.64 Å². The number of hydrogen-bond donors (Lipinski definition) is 0. The van der Waals surface area contributed by atoms with Gasteiger partial charge in [0.05, 0.1) is 16.1 Å². The lowest BCUT2D eigenvalue weighted by Gasteiger charge is -2.19. The number of hydrogen-bond acceptors (Lipinski definition) is 3. The molecule has 0 aliphatic rings. The lowest BCUT2D eigenvalue weighted by molar-refractivity contribution is 0.154. The minimum atomic E-state index is 0.629. The topological polar surface area (TPSA) is 25.4 Å². The van der Waals surface area contributed by atoms with Crippen LogP contribution in [0.3, 0.4) is 0 Å². The Labute approximate surface area is 104 Å². The molecule has 0 aliphatic heterocycles. The molecule has 0 fully saturated rings. The first-order chi connectivity index (χ1) is 7.15. The number of aromatic nitrogens is 1. The summed E-state index contributed by atoms with van der Waals surface area (Å²) in [5.41, 5.74) is 0. The van der Waals surface area contributed by atoms with E-state index in [1.807, 2.05) is 24.9 Å². The molecule has 0 spiro atoms. The molecule has 1 rings (SSSR count). The summed E-state index contributed by atoms with van der Waals surface area (Å²) in [7, 11) is 1.97. The van der Waals surface area contributed by atoms with Crippen molar-refractivity contribution in [2.45, 2.75) is 6.92 Å². The van der Waals surface area contributed by atoms with Gasteiger partial charge in [0, 0.05) is 26.4 Å². The Balaban J connectivity index is 2.61. The van der Waals surface area contributed by atoms with Gasteiger partial charge in [-0.05, 0) is 28.9 Å². The van der Waals surface area contributed by atoms with Gasteiger partial charge in [0.2, 0.25) is 0 Å².